The molecule has 0 aliphatic carbocycles. The van der Waals surface area contributed by atoms with E-state index in [4.69, 9.17) is 4.74 Å². The number of imidazole rings is 1. The molecule has 0 fully saturated rings. The first-order valence-corrected chi connectivity index (χ1v) is 13.1. The minimum atomic E-state index is -3.60. The lowest BCUT2D eigenvalue weighted by atomic mass is 10.1. The fourth-order valence-corrected chi connectivity index (χ4v) is 4.91. The van der Waals surface area contributed by atoms with Crippen LogP contribution in [0.2, 0.25) is 0 Å². The van der Waals surface area contributed by atoms with Crippen LogP contribution in [0.25, 0.3) is 17.0 Å². The first-order valence-electron chi connectivity index (χ1n) is 11.6. The number of sulfonamides is 1. The fourth-order valence-electron chi connectivity index (χ4n) is 3.88. The van der Waals surface area contributed by atoms with Gasteiger partial charge in [-0.15, -0.1) is 0 Å². The Morgan fingerprint density at radius 2 is 1.97 bits per heavy atom. The third kappa shape index (κ3) is 5.58. The van der Waals surface area contributed by atoms with Gasteiger partial charge in [0.2, 0.25) is 16.0 Å². The molecule has 3 N–H and O–H groups in total. The Balaban J connectivity index is 1.52. The van der Waals surface area contributed by atoms with Crippen LogP contribution in [0.4, 0.5) is 5.95 Å². The molecule has 1 aliphatic heterocycles. The number of aliphatic hydroxyl groups excluding tert-OH is 1. The van der Waals surface area contributed by atoms with Crippen molar-refractivity contribution in [2.24, 2.45) is 0 Å². The molecule has 3 heterocycles. The number of benzene rings is 1. The molecule has 1 aromatic carbocycles. The number of allylic oxidation sites excluding steroid dienone is 4. The van der Waals surface area contributed by atoms with Crippen molar-refractivity contribution < 1.29 is 18.3 Å². The second-order valence-electron chi connectivity index (χ2n) is 8.56. The van der Waals surface area contributed by atoms with Crippen LogP contribution in [-0.2, 0) is 16.6 Å². The summed E-state index contributed by atoms with van der Waals surface area (Å²) in [4.78, 5) is 13.8. The van der Waals surface area contributed by atoms with Crippen molar-refractivity contribution in [3.05, 3.63) is 65.7 Å². The molecule has 1 atom stereocenters. The van der Waals surface area contributed by atoms with E-state index in [1.54, 1.807) is 49.5 Å². The first-order chi connectivity index (χ1) is 17.2. The summed E-state index contributed by atoms with van der Waals surface area (Å²) < 4.78 is 35.4. The van der Waals surface area contributed by atoms with Crippen LogP contribution < -0.4 is 14.8 Å². The number of nitrogens with one attached hydrogen (secondary N) is 2. The molecule has 0 radical (unpaired) electrons. The largest absolute Gasteiger partial charge is 0.513 e. The summed E-state index contributed by atoms with van der Waals surface area (Å²) in [5.41, 5.74) is 3.75. The molecule has 11 heteroatoms. The molecule has 2 aromatic heterocycles. The van der Waals surface area contributed by atoms with Gasteiger partial charge in [0.1, 0.15) is 11.8 Å². The summed E-state index contributed by atoms with van der Waals surface area (Å²) in [6, 6.07) is 8.96. The monoisotopic (exact) mass is 510 g/mol. The predicted molar refractivity (Wildman–Crippen MR) is 138 cm³/mol. The van der Waals surface area contributed by atoms with Crippen molar-refractivity contribution >= 4 is 21.5 Å². The van der Waals surface area contributed by atoms with Crippen LogP contribution in [0, 0.1) is 6.92 Å². The molecule has 0 saturated heterocycles. The van der Waals surface area contributed by atoms with Gasteiger partial charge in [-0.05, 0) is 52.0 Å². The lowest BCUT2D eigenvalue weighted by Crippen LogP contribution is -2.29. The van der Waals surface area contributed by atoms with Gasteiger partial charge in [0.15, 0.2) is 0 Å². The predicted octanol–water partition coefficient (Wildman–Crippen LogP) is 3.68. The van der Waals surface area contributed by atoms with Crippen molar-refractivity contribution in [2.45, 2.75) is 45.2 Å². The summed E-state index contributed by atoms with van der Waals surface area (Å²) >= 11 is 0. The highest BCUT2D eigenvalue weighted by molar-refractivity contribution is 7.89. The van der Waals surface area contributed by atoms with Gasteiger partial charge in [-0.2, -0.15) is 4.98 Å². The van der Waals surface area contributed by atoms with Crippen molar-refractivity contribution in [1.82, 2.24) is 24.2 Å². The maximum Gasteiger partial charge on any atom is 0.297 e. The molecular weight excluding hydrogens is 480 g/mol. The number of aliphatic hydroxyl groups is 1. The lowest BCUT2D eigenvalue weighted by molar-refractivity contribution is 0.245. The van der Waals surface area contributed by atoms with Gasteiger partial charge in [0.25, 0.3) is 6.01 Å². The summed E-state index contributed by atoms with van der Waals surface area (Å²) in [5.74, 6) is 0.515. The number of aryl methyl sites for hydroxylation is 1. The minimum Gasteiger partial charge on any atom is -0.513 e. The number of hydrogen-bond donors (Lipinski definition) is 3. The van der Waals surface area contributed by atoms with Gasteiger partial charge in [-0.1, -0.05) is 23.8 Å². The number of nitrogens with zero attached hydrogens (tertiary/aromatic N) is 4. The topological polar surface area (TPSA) is 131 Å². The van der Waals surface area contributed by atoms with E-state index >= 15 is 0 Å². The number of ether oxygens (including phenoxy) is 1. The standard InChI is InChI=1S/C25H30N6O4S/c1-5-19(14-17(3)32)22-23(31-15-18(4)35-25(31)30-22)21-10-11-26-24(29-21)27-12-13-28-36(33,34)20-8-6-16(2)7-9-20/h5-11,14,18,28,32H,12-13,15H2,1-4H3,(H,26,27,29)/b17-14+,19-5+/t18-/m1/s1. The van der Waals surface area contributed by atoms with Crippen LogP contribution in [0.15, 0.2) is 59.3 Å². The quantitative estimate of drug-likeness (QED) is 0.226. The van der Waals surface area contributed by atoms with Crippen molar-refractivity contribution in [2.75, 3.05) is 18.4 Å². The highest BCUT2D eigenvalue weighted by Crippen LogP contribution is 2.36. The van der Waals surface area contributed by atoms with Gasteiger partial charge in [0, 0.05) is 24.9 Å². The molecule has 4 rings (SSSR count). The summed E-state index contributed by atoms with van der Waals surface area (Å²) in [6.07, 6.45) is 5.12. The Hall–Kier alpha value is -3.70. The van der Waals surface area contributed by atoms with Crippen LogP contribution in [-0.4, -0.2) is 52.2 Å². The maximum absolute atomic E-state index is 12.5. The maximum atomic E-state index is 12.5. The third-order valence-corrected chi connectivity index (χ3v) is 7.03. The smallest absolute Gasteiger partial charge is 0.297 e. The lowest BCUT2D eigenvalue weighted by Gasteiger charge is -2.11. The minimum absolute atomic E-state index is 0.0227. The zero-order chi connectivity index (χ0) is 25.9. The van der Waals surface area contributed by atoms with Gasteiger partial charge < -0.3 is 15.2 Å². The third-order valence-electron chi connectivity index (χ3n) is 5.56. The first kappa shape index (κ1) is 25.4. The van der Waals surface area contributed by atoms with E-state index < -0.39 is 10.0 Å². The number of anilines is 1. The van der Waals surface area contributed by atoms with E-state index in [0.717, 1.165) is 16.8 Å². The molecule has 10 nitrogen and oxygen atoms in total. The van der Waals surface area contributed by atoms with Crippen LogP contribution in [0.5, 0.6) is 6.01 Å². The zero-order valence-electron chi connectivity index (χ0n) is 20.7. The highest BCUT2D eigenvalue weighted by atomic mass is 32.2. The van der Waals surface area contributed by atoms with E-state index in [1.807, 2.05) is 31.4 Å². The summed E-state index contributed by atoms with van der Waals surface area (Å²) in [5, 5.41) is 12.9. The van der Waals surface area contributed by atoms with Crippen molar-refractivity contribution in [3.63, 3.8) is 0 Å². The van der Waals surface area contributed by atoms with Gasteiger partial charge >= 0.3 is 0 Å². The molecule has 190 valence electrons. The molecule has 36 heavy (non-hydrogen) atoms. The van der Waals surface area contributed by atoms with Gasteiger partial charge in [0.05, 0.1) is 28.6 Å². The number of fused-ring (bicyclic) bond motifs is 1. The van der Waals surface area contributed by atoms with Gasteiger partial charge in [-0.3, -0.25) is 4.57 Å². The van der Waals surface area contributed by atoms with Crippen molar-refractivity contribution in [1.29, 1.82) is 0 Å². The highest BCUT2D eigenvalue weighted by Gasteiger charge is 2.29. The van der Waals surface area contributed by atoms with E-state index in [1.165, 1.54) is 0 Å². The molecule has 0 spiro atoms. The number of rotatable bonds is 9. The van der Waals surface area contributed by atoms with E-state index in [-0.39, 0.29) is 23.3 Å². The second kappa shape index (κ2) is 10.5. The SMILES string of the molecule is C/C=C(\C=C(/C)O)c1nc2n(c1-c1ccnc(NCCNS(=O)(=O)c3ccc(C)cc3)n1)C[C@@H](C)O2. The molecule has 0 saturated carbocycles. The van der Waals surface area contributed by atoms with E-state index in [0.29, 0.717) is 36.4 Å². The molecule has 0 amide bonds. The zero-order valence-corrected chi connectivity index (χ0v) is 21.5. The average molecular weight is 511 g/mol. The Bertz CT molecular complexity index is 1410. The van der Waals surface area contributed by atoms with Crippen LogP contribution in [0.1, 0.15) is 32.0 Å². The Labute approximate surface area is 210 Å². The summed E-state index contributed by atoms with van der Waals surface area (Å²) in [7, 11) is -3.60. The number of hydrogen-bond acceptors (Lipinski definition) is 8. The molecule has 0 bridgehead atoms. The Kier molecular flexibility index (Phi) is 7.41. The molecule has 0 unspecified atom stereocenters. The van der Waals surface area contributed by atoms with Crippen molar-refractivity contribution in [3.8, 4) is 17.4 Å². The van der Waals surface area contributed by atoms with Crippen LogP contribution in [0.3, 0.4) is 0 Å². The molecular formula is C25H30N6O4S. The van der Waals surface area contributed by atoms with Gasteiger partial charge in [-0.25, -0.2) is 23.1 Å². The average Bonchev–Trinajstić information content (AvgIpc) is 3.36. The molecule has 1 aliphatic rings. The molecule has 3 aromatic rings. The second-order valence-corrected chi connectivity index (χ2v) is 10.3. The normalized spacial score (nSPS) is 16.1. The van der Waals surface area contributed by atoms with Crippen LogP contribution >= 0.6 is 0 Å². The Morgan fingerprint density at radius 1 is 1.22 bits per heavy atom. The summed E-state index contributed by atoms with van der Waals surface area (Å²) in [6.45, 7) is 8.41. The fraction of sp³-hybridized carbons (Fsp3) is 0.320. The number of aromatic nitrogens is 4. The van der Waals surface area contributed by atoms with E-state index in [9.17, 15) is 13.5 Å². The Morgan fingerprint density at radius 3 is 2.67 bits per heavy atom. The van der Waals surface area contributed by atoms with E-state index in [2.05, 4.69) is 25.0 Å².